The highest BCUT2D eigenvalue weighted by atomic mass is 35.5. The lowest BCUT2D eigenvalue weighted by Crippen LogP contribution is -2.46. The number of piperidine rings is 1. The summed E-state index contributed by atoms with van der Waals surface area (Å²) in [4.78, 5) is 47.3. The van der Waals surface area contributed by atoms with Crippen molar-refractivity contribution in [2.24, 2.45) is 5.92 Å². The molecule has 2 N–H and O–H groups in total. The van der Waals surface area contributed by atoms with Crippen LogP contribution in [0, 0.1) is 5.92 Å². The maximum absolute atomic E-state index is 13.1. The van der Waals surface area contributed by atoms with E-state index in [-0.39, 0.29) is 5.91 Å². The van der Waals surface area contributed by atoms with Crippen molar-refractivity contribution in [1.82, 2.24) is 20.5 Å². The Morgan fingerprint density at radius 1 is 1.14 bits per heavy atom. The molecule has 1 atom stereocenters. The predicted octanol–water partition coefficient (Wildman–Crippen LogP) is 4.87. The van der Waals surface area contributed by atoms with Crippen molar-refractivity contribution in [3.63, 3.8) is 0 Å². The number of nitrogens with zero attached hydrogens (tertiary/aromatic N) is 4. The zero-order valence-corrected chi connectivity index (χ0v) is 26.4. The average Bonchev–Trinajstić information content (AvgIpc) is 3.35. The number of fused-ring (bicyclic) bond motifs is 1. The summed E-state index contributed by atoms with van der Waals surface area (Å²) in [6.07, 6.45) is 5.71. The molecule has 1 unspecified atom stereocenters. The fraction of sp³-hybridized carbons (Fsp3) is 0.412. The summed E-state index contributed by atoms with van der Waals surface area (Å²) >= 11 is 6.23. The number of halogens is 1. The molecule has 1 saturated heterocycles. The summed E-state index contributed by atoms with van der Waals surface area (Å²) in [5.41, 5.74) is 5.87. The third-order valence-electron chi connectivity index (χ3n) is 8.61. The summed E-state index contributed by atoms with van der Waals surface area (Å²) in [5, 5.41) is 6.55. The summed E-state index contributed by atoms with van der Waals surface area (Å²) < 4.78 is 0. The van der Waals surface area contributed by atoms with E-state index in [0.29, 0.717) is 42.4 Å². The molecule has 1 aromatic heterocycles. The van der Waals surface area contributed by atoms with E-state index in [9.17, 15) is 14.4 Å². The number of pyridine rings is 1. The summed E-state index contributed by atoms with van der Waals surface area (Å²) in [6.45, 7) is 5.86. The minimum Gasteiger partial charge on any atom is -0.375 e. The Morgan fingerprint density at radius 3 is 2.64 bits per heavy atom. The van der Waals surface area contributed by atoms with Crippen molar-refractivity contribution in [1.29, 1.82) is 0 Å². The molecular weight excluding hydrogens is 576 g/mol. The second kappa shape index (κ2) is 14.2. The number of carbonyl (C=O) groups excluding carboxylic acids is 3. The highest BCUT2D eigenvalue weighted by Crippen LogP contribution is 2.34. The molecule has 0 radical (unpaired) electrons. The van der Waals surface area contributed by atoms with Crippen molar-refractivity contribution < 1.29 is 14.4 Å². The lowest BCUT2D eigenvalue weighted by atomic mass is 9.96. The molecule has 0 saturated carbocycles. The molecule has 2 aliphatic rings. The monoisotopic (exact) mass is 616 g/mol. The maximum Gasteiger partial charge on any atom is 0.255 e. The molecule has 5 rings (SSSR count). The Balaban J connectivity index is 1.14. The third kappa shape index (κ3) is 7.05. The summed E-state index contributed by atoms with van der Waals surface area (Å²) in [6, 6.07) is 15.3. The molecule has 44 heavy (non-hydrogen) atoms. The normalized spacial score (nSPS) is 15.7. The van der Waals surface area contributed by atoms with Gasteiger partial charge in [-0.05, 0) is 72.7 Å². The van der Waals surface area contributed by atoms with E-state index in [1.165, 1.54) is 0 Å². The van der Waals surface area contributed by atoms with Crippen LogP contribution in [0.25, 0.3) is 11.1 Å². The Hall–Kier alpha value is -3.95. The van der Waals surface area contributed by atoms with Crippen LogP contribution in [0.5, 0.6) is 0 Å². The molecule has 0 bridgehead atoms. The minimum absolute atomic E-state index is 0.156. The number of hydrogen-bond acceptors (Lipinski definition) is 7. The standard InChI is InChI=1S/C34H41ClN6O3/c1-4-6-30(33(43)38-22-42)41-21-27-15-24(9-10-29(27)34(41)44)19-36-18-23-11-13-40(14-12-23)32-31(39(2)3)17-26(20-37-32)25-7-5-8-28(35)16-25/h5,7-10,15-17,20,22-23,30,36H,4,6,11-14,18-19,21H2,1-3H3,(H,38,42,43). The van der Waals surface area contributed by atoms with Crippen LogP contribution in [-0.4, -0.2) is 67.9 Å². The van der Waals surface area contributed by atoms with Crippen molar-refractivity contribution >= 4 is 41.3 Å². The Morgan fingerprint density at radius 2 is 1.93 bits per heavy atom. The first kappa shape index (κ1) is 31.5. The quantitative estimate of drug-likeness (QED) is 0.280. The van der Waals surface area contributed by atoms with Gasteiger partial charge in [0.05, 0.1) is 5.69 Å². The van der Waals surface area contributed by atoms with E-state index < -0.39 is 11.9 Å². The lowest BCUT2D eigenvalue weighted by molar-refractivity contribution is -0.129. The summed E-state index contributed by atoms with van der Waals surface area (Å²) in [7, 11) is 4.11. The van der Waals surface area contributed by atoms with Crippen LogP contribution in [0.1, 0.15) is 54.1 Å². The highest BCUT2D eigenvalue weighted by Gasteiger charge is 2.36. The van der Waals surface area contributed by atoms with Gasteiger partial charge in [0, 0.05) is 62.6 Å². The molecule has 9 nitrogen and oxygen atoms in total. The van der Waals surface area contributed by atoms with Gasteiger partial charge in [0.2, 0.25) is 12.3 Å². The van der Waals surface area contributed by atoms with E-state index in [4.69, 9.17) is 16.6 Å². The Bertz CT molecular complexity index is 1500. The fourth-order valence-corrected chi connectivity index (χ4v) is 6.42. The number of anilines is 2. The summed E-state index contributed by atoms with van der Waals surface area (Å²) in [5.74, 6) is 0.993. The highest BCUT2D eigenvalue weighted by molar-refractivity contribution is 6.30. The number of nitrogens with one attached hydrogen (secondary N) is 2. The van der Waals surface area contributed by atoms with Gasteiger partial charge in [0.15, 0.2) is 5.82 Å². The number of hydrogen-bond donors (Lipinski definition) is 2. The zero-order valence-electron chi connectivity index (χ0n) is 25.7. The second-order valence-corrected chi connectivity index (χ2v) is 12.3. The van der Waals surface area contributed by atoms with Crippen LogP contribution >= 0.6 is 11.6 Å². The number of aromatic nitrogens is 1. The van der Waals surface area contributed by atoms with E-state index in [2.05, 4.69) is 52.7 Å². The third-order valence-corrected chi connectivity index (χ3v) is 8.84. The van der Waals surface area contributed by atoms with Gasteiger partial charge in [0.1, 0.15) is 6.04 Å². The lowest BCUT2D eigenvalue weighted by Gasteiger charge is -2.35. The first-order valence-electron chi connectivity index (χ1n) is 15.3. The SMILES string of the molecule is CCCC(C(=O)NC=O)N1Cc2cc(CNCC3CCN(c4ncc(-c5cccc(Cl)c5)cc4N(C)C)CC3)ccc2C1=O. The molecule has 2 aromatic carbocycles. The van der Waals surface area contributed by atoms with E-state index in [0.717, 1.165) is 72.7 Å². The molecule has 10 heteroatoms. The molecule has 2 aliphatic heterocycles. The number of imide groups is 1. The molecule has 232 valence electrons. The maximum atomic E-state index is 13.1. The van der Waals surface area contributed by atoms with Crippen molar-refractivity contribution in [3.05, 3.63) is 76.4 Å². The molecule has 0 spiro atoms. The van der Waals surface area contributed by atoms with Gasteiger partial charge in [-0.3, -0.25) is 19.7 Å². The average molecular weight is 617 g/mol. The first-order valence-corrected chi connectivity index (χ1v) is 15.7. The van der Waals surface area contributed by atoms with E-state index in [1.807, 2.05) is 43.5 Å². The van der Waals surface area contributed by atoms with Crippen molar-refractivity contribution in [2.45, 2.75) is 51.7 Å². The van der Waals surface area contributed by atoms with Gasteiger partial charge in [-0.2, -0.15) is 0 Å². The molecule has 3 amide bonds. The van der Waals surface area contributed by atoms with Crippen LogP contribution in [-0.2, 0) is 22.7 Å². The van der Waals surface area contributed by atoms with Crippen LogP contribution in [0.2, 0.25) is 5.02 Å². The van der Waals surface area contributed by atoms with Crippen LogP contribution < -0.4 is 20.4 Å². The van der Waals surface area contributed by atoms with Crippen molar-refractivity contribution in [3.8, 4) is 11.1 Å². The molecule has 3 aromatic rings. The first-order chi connectivity index (χ1) is 21.3. The number of amides is 3. The van der Waals surface area contributed by atoms with Gasteiger partial charge in [-0.15, -0.1) is 0 Å². The molecular formula is C34H41ClN6O3. The largest absolute Gasteiger partial charge is 0.375 e. The van der Waals surface area contributed by atoms with Crippen LogP contribution in [0.3, 0.4) is 0 Å². The Labute approximate surface area is 264 Å². The zero-order chi connectivity index (χ0) is 31.2. The number of rotatable bonds is 12. The minimum atomic E-state index is -0.651. The topological polar surface area (TPSA) is 97.9 Å². The number of carbonyl (C=O) groups is 3. The second-order valence-electron chi connectivity index (χ2n) is 11.9. The molecule has 1 fully saturated rings. The van der Waals surface area contributed by atoms with Gasteiger partial charge < -0.3 is 20.0 Å². The van der Waals surface area contributed by atoms with Gasteiger partial charge in [-0.1, -0.05) is 49.2 Å². The van der Waals surface area contributed by atoms with Gasteiger partial charge >= 0.3 is 0 Å². The van der Waals surface area contributed by atoms with E-state index in [1.54, 1.807) is 4.90 Å². The smallest absolute Gasteiger partial charge is 0.255 e. The van der Waals surface area contributed by atoms with Crippen LogP contribution in [0.4, 0.5) is 11.5 Å². The van der Waals surface area contributed by atoms with Crippen LogP contribution in [0.15, 0.2) is 54.7 Å². The fourth-order valence-electron chi connectivity index (χ4n) is 6.23. The molecule has 3 heterocycles. The number of benzene rings is 2. The predicted molar refractivity (Wildman–Crippen MR) is 175 cm³/mol. The Kier molecular flexibility index (Phi) is 10.2. The van der Waals surface area contributed by atoms with Gasteiger partial charge in [-0.25, -0.2) is 4.98 Å². The van der Waals surface area contributed by atoms with E-state index >= 15 is 0 Å². The van der Waals surface area contributed by atoms with Gasteiger partial charge in [0.25, 0.3) is 5.91 Å². The van der Waals surface area contributed by atoms with Crippen molar-refractivity contribution in [2.75, 3.05) is 43.5 Å². The molecule has 0 aliphatic carbocycles.